The molecule has 17 heavy (non-hydrogen) atoms. The zero-order valence-electron chi connectivity index (χ0n) is 9.25. The number of carbonyl (C=O) groups excluding carboxylic acids is 1. The number of amides is 1. The van der Waals surface area contributed by atoms with Crippen LogP contribution in [0.3, 0.4) is 0 Å². The Kier molecular flexibility index (Phi) is 4.22. The van der Waals surface area contributed by atoms with Crippen LogP contribution in [-0.4, -0.2) is 11.9 Å². The fourth-order valence-corrected chi connectivity index (χ4v) is 3.34. The highest BCUT2D eigenvalue weighted by Gasteiger charge is 2.30. The molecule has 0 radical (unpaired) electrons. The summed E-state index contributed by atoms with van der Waals surface area (Å²) in [6.07, 6.45) is 2.86. The molecule has 2 rings (SSSR count). The molecule has 92 valence electrons. The Bertz CT molecular complexity index is 416. The van der Waals surface area contributed by atoms with Crippen molar-refractivity contribution in [2.75, 3.05) is 5.32 Å². The van der Waals surface area contributed by atoms with Gasteiger partial charge in [-0.25, -0.2) is 0 Å². The number of carbonyl (C=O) groups is 1. The highest BCUT2D eigenvalue weighted by atomic mass is 79.9. The Hall–Kier alpha value is -0.390. The Balaban J connectivity index is 2.13. The summed E-state index contributed by atoms with van der Waals surface area (Å²) >= 11 is 6.85. The van der Waals surface area contributed by atoms with Crippen LogP contribution < -0.4 is 11.1 Å². The standard InChI is InChI=1S/C12H14Br2N2O/c13-8-4-2-5-9(14)11(8)16-12(17)7-3-1-6-10(7)15/h2,4-5,7,10H,1,3,6,15H2,(H,16,17). The first-order valence-corrected chi connectivity index (χ1v) is 7.18. The van der Waals surface area contributed by atoms with Crippen molar-refractivity contribution in [1.82, 2.24) is 0 Å². The predicted molar refractivity (Wildman–Crippen MR) is 75.8 cm³/mol. The van der Waals surface area contributed by atoms with Gasteiger partial charge in [-0.15, -0.1) is 0 Å². The summed E-state index contributed by atoms with van der Waals surface area (Å²) in [5.41, 5.74) is 6.70. The third kappa shape index (κ3) is 2.89. The van der Waals surface area contributed by atoms with Crippen LogP contribution in [0.25, 0.3) is 0 Å². The topological polar surface area (TPSA) is 55.1 Å². The van der Waals surface area contributed by atoms with E-state index in [1.807, 2.05) is 18.2 Å². The monoisotopic (exact) mass is 360 g/mol. The Morgan fingerprint density at radius 1 is 1.29 bits per heavy atom. The van der Waals surface area contributed by atoms with Gasteiger partial charge in [-0.2, -0.15) is 0 Å². The van der Waals surface area contributed by atoms with Crippen molar-refractivity contribution in [3.63, 3.8) is 0 Å². The summed E-state index contributed by atoms with van der Waals surface area (Å²) in [6, 6.07) is 5.70. The molecule has 0 saturated heterocycles. The number of hydrogen-bond acceptors (Lipinski definition) is 2. The third-order valence-electron chi connectivity index (χ3n) is 3.12. The first-order chi connectivity index (χ1) is 8.09. The molecule has 0 heterocycles. The average Bonchev–Trinajstić information content (AvgIpc) is 2.70. The maximum atomic E-state index is 12.1. The van der Waals surface area contributed by atoms with Gasteiger partial charge in [-0.05, 0) is 56.8 Å². The highest BCUT2D eigenvalue weighted by molar-refractivity contribution is 9.11. The van der Waals surface area contributed by atoms with Crippen LogP contribution in [0.4, 0.5) is 5.69 Å². The SMILES string of the molecule is NC1CCCC1C(=O)Nc1c(Br)cccc1Br. The van der Waals surface area contributed by atoms with Crippen LogP contribution in [-0.2, 0) is 4.79 Å². The van der Waals surface area contributed by atoms with E-state index in [2.05, 4.69) is 37.2 Å². The lowest BCUT2D eigenvalue weighted by Crippen LogP contribution is -2.34. The molecule has 2 atom stereocenters. The van der Waals surface area contributed by atoms with Gasteiger partial charge in [0.15, 0.2) is 0 Å². The second-order valence-corrected chi connectivity index (χ2v) is 6.00. The van der Waals surface area contributed by atoms with Crippen LogP contribution in [0.15, 0.2) is 27.1 Å². The maximum Gasteiger partial charge on any atom is 0.229 e. The quantitative estimate of drug-likeness (QED) is 0.849. The minimum atomic E-state index is -0.0611. The van der Waals surface area contributed by atoms with E-state index in [-0.39, 0.29) is 17.9 Å². The molecule has 1 fully saturated rings. The Morgan fingerprint density at radius 2 is 1.94 bits per heavy atom. The van der Waals surface area contributed by atoms with E-state index in [1.54, 1.807) is 0 Å². The molecule has 1 saturated carbocycles. The fraction of sp³-hybridized carbons (Fsp3) is 0.417. The zero-order chi connectivity index (χ0) is 12.4. The number of halogens is 2. The van der Waals surface area contributed by atoms with E-state index in [0.717, 1.165) is 33.9 Å². The number of rotatable bonds is 2. The molecule has 3 N–H and O–H groups in total. The largest absolute Gasteiger partial charge is 0.327 e. The van der Waals surface area contributed by atoms with Gasteiger partial charge >= 0.3 is 0 Å². The Morgan fingerprint density at radius 3 is 2.47 bits per heavy atom. The third-order valence-corrected chi connectivity index (χ3v) is 4.44. The van der Waals surface area contributed by atoms with Crippen molar-refractivity contribution in [2.45, 2.75) is 25.3 Å². The molecule has 1 amide bonds. The molecule has 1 aliphatic rings. The zero-order valence-corrected chi connectivity index (χ0v) is 12.4. The number of nitrogens with one attached hydrogen (secondary N) is 1. The Labute approximate surface area is 117 Å². The smallest absolute Gasteiger partial charge is 0.229 e. The number of para-hydroxylation sites is 1. The van der Waals surface area contributed by atoms with Gasteiger partial charge in [0.1, 0.15) is 0 Å². The van der Waals surface area contributed by atoms with Gasteiger partial charge in [0.05, 0.1) is 11.6 Å². The average molecular weight is 362 g/mol. The maximum absolute atomic E-state index is 12.1. The summed E-state index contributed by atoms with van der Waals surface area (Å²) < 4.78 is 1.73. The molecule has 0 aliphatic heterocycles. The lowest BCUT2D eigenvalue weighted by Gasteiger charge is -2.16. The van der Waals surface area contributed by atoms with Gasteiger partial charge in [0.25, 0.3) is 0 Å². The molecule has 1 aromatic carbocycles. The molecular weight excluding hydrogens is 348 g/mol. The van der Waals surface area contributed by atoms with E-state index < -0.39 is 0 Å². The van der Waals surface area contributed by atoms with Gasteiger partial charge in [0, 0.05) is 15.0 Å². The van der Waals surface area contributed by atoms with E-state index in [0.29, 0.717) is 0 Å². The van der Waals surface area contributed by atoms with E-state index in [4.69, 9.17) is 5.73 Å². The molecule has 1 aromatic rings. The fourth-order valence-electron chi connectivity index (χ4n) is 2.15. The second-order valence-electron chi connectivity index (χ2n) is 4.29. The van der Waals surface area contributed by atoms with E-state index >= 15 is 0 Å². The molecule has 0 aromatic heterocycles. The summed E-state index contributed by atoms with van der Waals surface area (Å²) in [7, 11) is 0. The van der Waals surface area contributed by atoms with Crippen molar-refractivity contribution in [3.8, 4) is 0 Å². The summed E-state index contributed by atoms with van der Waals surface area (Å²) in [5.74, 6) is -0.0448. The van der Waals surface area contributed by atoms with Crippen LogP contribution >= 0.6 is 31.9 Å². The van der Waals surface area contributed by atoms with Crippen LogP contribution in [0, 0.1) is 5.92 Å². The minimum absolute atomic E-state index is 0.00346. The van der Waals surface area contributed by atoms with Crippen LogP contribution in [0.5, 0.6) is 0 Å². The van der Waals surface area contributed by atoms with Crippen LogP contribution in [0.2, 0.25) is 0 Å². The molecular formula is C12H14Br2N2O. The lowest BCUT2D eigenvalue weighted by atomic mass is 10.0. The van der Waals surface area contributed by atoms with Gasteiger partial charge in [0.2, 0.25) is 5.91 Å². The molecule has 0 bridgehead atoms. The van der Waals surface area contributed by atoms with E-state index in [1.165, 1.54) is 0 Å². The van der Waals surface area contributed by atoms with Crippen molar-refractivity contribution >= 4 is 43.5 Å². The van der Waals surface area contributed by atoms with Crippen molar-refractivity contribution in [1.29, 1.82) is 0 Å². The first kappa shape index (κ1) is 13.1. The van der Waals surface area contributed by atoms with Crippen LogP contribution in [0.1, 0.15) is 19.3 Å². The summed E-state index contributed by atoms with van der Waals surface area (Å²) in [4.78, 5) is 12.1. The van der Waals surface area contributed by atoms with Gasteiger partial charge < -0.3 is 11.1 Å². The molecule has 1 aliphatic carbocycles. The molecule has 2 unspecified atom stereocenters. The molecule has 3 nitrogen and oxygen atoms in total. The number of anilines is 1. The number of benzene rings is 1. The van der Waals surface area contributed by atoms with Crippen molar-refractivity contribution in [3.05, 3.63) is 27.1 Å². The number of nitrogens with two attached hydrogens (primary N) is 1. The lowest BCUT2D eigenvalue weighted by molar-refractivity contribution is -0.120. The first-order valence-electron chi connectivity index (χ1n) is 5.60. The summed E-state index contributed by atoms with van der Waals surface area (Å²) in [6.45, 7) is 0. The normalized spacial score (nSPS) is 23.7. The molecule has 0 spiro atoms. The van der Waals surface area contributed by atoms with Gasteiger partial charge in [-0.1, -0.05) is 12.5 Å². The number of hydrogen-bond donors (Lipinski definition) is 2. The molecule has 5 heteroatoms. The van der Waals surface area contributed by atoms with Crippen molar-refractivity contribution < 1.29 is 4.79 Å². The highest BCUT2D eigenvalue weighted by Crippen LogP contribution is 2.32. The summed E-state index contributed by atoms with van der Waals surface area (Å²) in [5, 5.41) is 2.94. The van der Waals surface area contributed by atoms with Crippen molar-refractivity contribution in [2.24, 2.45) is 11.7 Å². The van der Waals surface area contributed by atoms with Gasteiger partial charge in [-0.3, -0.25) is 4.79 Å². The van der Waals surface area contributed by atoms with E-state index in [9.17, 15) is 4.79 Å². The predicted octanol–water partition coefficient (Wildman–Crippen LogP) is 3.28. The second kappa shape index (κ2) is 5.50. The minimum Gasteiger partial charge on any atom is -0.327 e.